The molecule has 3 saturated heterocycles. The first-order chi connectivity index (χ1) is 8.79. The molecule has 0 aromatic rings. The third kappa shape index (κ3) is 2.87. The minimum Gasteiger partial charge on any atom is -0.375 e. The predicted molar refractivity (Wildman–Crippen MR) is 81.4 cm³/mol. The Bertz CT molecular complexity index is 269. The van der Waals surface area contributed by atoms with Crippen LogP contribution in [0.15, 0.2) is 0 Å². The number of ether oxygens (including phenoxy) is 1. The van der Waals surface area contributed by atoms with Crippen molar-refractivity contribution in [1.82, 2.24) is 0 Å². The summed E-state index contributed by atoms with van der Waals surface area (Å²) >= 11 is 4.17. The molecule has 0 aliphatic carbocycles. The summed E-state index contributed by atoms with van der Waals surface area (Å²) in [4.78, 5) is 0. The molecule has 2 N–H and O–H groups in total. The molecule has 0 aromatic heterocycles. The van der Waals surface area contributed by atoms with Gasteiger partial charge in [0.25, 0.3) is 0 Å². The van der Waals surface area contributed by atoms with E-state index in [9.17, 15) is 0 Å². The van der Waals surface area contributed by atoms with Crippen LogP contribution < -0.4 is 5.73 Å². The number of hydrogen-bond donors (Lipinski definition) is 1. The van der Waals surface area contributed by atoms with Gasteiger partial charge in [0.2, 0.25) is 0 Å². The fourth-order valence-corrected chi connectivity index (χ4v) is 6.29. The van der Waals surface area contributed by atoms with Crippen LogP contribution in [0.2, 0.25) is 0 Å². The average Bonchev–Trinajstić information content (AvgIpc) is 2.93. The van der Waals surface area contributed by atoms with Gasteiger partial charge in [-0.15, -0.1) is 0 Å². The summed E-state index contributed by atoms with van der Waals surface area (Å²) in [5.41, 5.74) is 6.78. The molecule has 0 aromatic carbocycles. The topological polar surface area (TPSA) is 35.2 Å². The third-order valence-corrected chi connectivity index (χ3v) is 7.16. The van der Waals surface area contributed by atoms with E-state index in [0.29, 0.717) is 12.0 Å². The summed E-state index contributed by atoms with van der Waals surface area (Å²) in [7, 11) is 0. The highest BCUT2D eigenvalue weighted by molar-refractivity contribution is 7.99. The molecule has 1 spiro atoms. The smallest absolute Gasteiger partial charge is 0.0701 e. The van der Waals surface area contributed by atoms with Crippen molar-refractivity contribution in [2.24, 2.45) is 17.6 Å². The normalized spacial score (nSPS) is 37.8. The van der Waals surface area contributed by atoms with Crippen LogP contribution in [0, 0.1) is 11.8 Å². The molecule has 3 aliphatic rings. The minimum absolute atomic E-state index is 0.206. The van der Waals surface area contributed by atoms with Gasteiger partial charge < -0.3 is 10.5 Å². The van der Waals surface area contributed by atoms with E-state index in [1.807, 2.05) is 0 Å². The van der Waals surface area contributed by atoms with Gasteiger partial charge in [-0.25, -0.2) is 0 Å². The Morgan fingerprint density at radius 1 is 1.06 bits per heavy atom. The molecule has 0 bridgehead atoms. The summed E-state index contributed by atoms with van der Waals surface area (Å²) in [6, 6.07) is 0.426. The minimum atomic E-state index is 0.206. The SMILES string of the molecule is NC(C1CCSC1)C1CCOC2(CCSCC2)C1. The lowest BCUT2D eigenvalue weighted by Crippen LogP contribution is -2.49. The van der Waals surface area contributed by atoms with Crippen molar-refractivity contribution in [2.75, 3.05) is 29.6 Å². The Balaban J connectivity index is 1.62. The fourth-order valence-electron chi connectivity index (χ4n) is 3.73. The van der Waals surface area contributed by atoms with Crippen molar-refractivity contribution >= 4 is 23.5 Å². The number of hydrogen-bond acceptors (Lipinski definition) is 4. The van der Waals surface area contributed by atoms with E-state index in [0.717, 1.165) is 12.5 Å². The van der Waals surface area contributed by atoms with Crippen LogP contribution in [0.3, 0.4) is 0 Å². The van der Waals surface area contributed by atoms with E-state index >= 15 is 0 Å². The zero-order valence-corrected chi connectivity index (χ0v) is 12.7. The van der Waals surface area contributed by atoms with Crippen molar-refractivity contribution in [3.63, 3.8) is 0 Å². The maximum Gasteiger partial charge on any atom is 0.0701 e. The van der Waals surface area contributed by atoms with Gasteiger partial charge in [0.05, 0.1) is 5.60 Å². The van der Waals surface area contributed by atoms with E-state index in [4.69, 9.17) is 10.5 Å². The summed E-state index contributed by atoms with van der Waals surface area (Å²) in [6.07, 6.45) is 6.26. The average molecular weight is 287 g/mol. The van der Waals surface area contributed by atoms with Gasteiger partial charge in [0.15, 0.2) is 0 Å². The Morgan fingerprint density at radius 2 is 1.89 bits per heavy atom. The van der Waals surface area contributed by atoms with Gasteiger partial charge in [-0.05, 0) is 67.0 Å². The molecule has 4 heteroatoms. The first-order valence-electron chi connectivity index (χ1n) is 7.34. The molecular weight excluding hydrogens is 262 g/mol. The van der Waals surface area contributed by atoms with E-state index < -0.39 is 0 Å². The van der Waals surface area contributed by atoms with Crippen LogP contribution in [0.1, 0.15) is 32.1 Å². The molecule has 3 fully saturated rings. The van der Waals surface area contributed by atoms with Crippen LogP contribution in [0.4, 0.5) is 0 Å². The lowest BCUT2D eigenvalue weighted by molar-refractivity contribution is -0.107. The molecule has 0 amide bonds. The Labute approximate surface area is 119 Å². The second-order valence-corrected chi connectivity index (χ2v) is 8.47. The number of thioether (sulfide) groups is 2. The van der Waals surface area contributed by atoms with Crippen LogP contribution in [-0.2, 0) is 4.74 Å². The summed E-state index contributed by atoms with van der Waals surface area (Å²) in [6.45, 7) is 0.947. The molecule has 104 valence electrons. The zero-order valence-electron chi connectivity index (χ0n) is 11.1. The van der Waals surface area contributed by atoms with Crippen molar-refractivity contribution in [3.05, 3.63) is 0 Å². The van der Waals surface area contributed by atoms with E-state index in [1.165, 1.54) is 55.1 Å². The highest BCUT2D eigenvalue weighted by Gasteiger charge is 2.42. The van der Waals surface area contributed by atoms with Gasteiger partial charge in [0.1, 0.15) is 0 Å². The number of rotatable bonds is 2. The van der Waals surface area contributed by atoms with Gasteiger partial charge in [-0.3, -0.25) is 0 Å². The maximum atomic E-state index is 6.57. The predicted octanol–water partition coefficient (Wildman–Crippen LogP) is 2.76. The lowest BCUT2D eigenvalue weighted by Gasteiger charge is -2.45. The summed E-state index contributed by atoms with van der Waals surface area (Å²) < 4.78 is 6.18. The van der Waals surface area contributed by atoms with E-state index in [-0.39, 0.29) is 5.60 Å². The fraction of sp³-hybridized carbons (Fsp3) is 1.00. The van der Waals surface area contributed by atoms with E-state index in [1.54, 1.807) is 0 Å². The quantitative estimate of drug-likeness (QED) is 0.847. The Kier molecular flexibility index (Phi) is 4.49. The molecule has 3 unspecified atom stereocenters. The molecule has 0 radical (unpaired) electrons. The monoisotopic (exact) mass is 287 g/mol. The van der Waals surface area contributed by atoms with Gasteiger partial charge in [-0.1, -0.05) is 0 Å². The molecule has 3 atom stereocenters. The van der Waals surface area contributed by atoms with E-state index in [2.05, 4.69) is 23.5 Å². The first kappa shape index (κ1) is 13.6. The first-order valence-corrected chi connectivity index (χ1v) is 9.65. The van der Waals surface area contributed by atoms with Gasteiger partial charge in [0, 0.05) is 12.6 Å². The van der Waals surface area contributed by atoms with Gasteiger partial charge >= 0.3 is 0 Å². The Hall–Kier alpha value is 0.620. The lowest BCUT2D eigenvalue weighted by atomic mass is 9.75. The third-order valence-electron chi connectivity index (χ3n) is 4.99. The molecule has 0 saturated carbocycles. The van der Waals surface area contributed by atoms with Crippen LogP contribution >= 0.6 is 23.5 Å². The van der Waals surface area contributed by atoms with Crippen molar-refractivity contribution in [2.45, 2.75) is 43.7 Å². The summed E-state index contributed by atoms with van der Waals surface area (Å²) in [5.74, 6) is 6.66. The molecule has 3 aliphatic heterocycles. The van der Waals surface area contributed by atoms with Crippen molar-refractivity contribution < 1.29 is 4.74 Å². The second-order valence-electron chi connectivity index (χ2n) is 6.10. The number of nitrogens with two attached hydrogens (primary N) is 1. The standard InChI is InChI=1S/C14H25NOS2/c15-13(12-2-6-18-10-12)11-1-5-16-14(9-11)3-7-17-8-4-14/h11-13H,1-10,15H2. The molecule has 2 nitrogen and oxygen atoms in total. The summed E-state index contributed by atoms with van der Waals surface area (Å²) in [5, 5.41) is 0. The van der Waals surface area contributed by atoms with Crippen LogP contribution in [0.25, 0.3) is 0 Å². The highest BCUT2D eigenvalue weighted by atomic mass is 32.2. The molecule has 18 heavy (non-hydrogen) atoms. The zero-order chi connectivity index (χ0) is 12.4. The largest absolute Gasteiger partial charge is 0.375 e. The van der Waals surface area contributed by atoms with Crippen molar-refractivity contribution in [3.8, 4) is 0 Å². The van der Waals surface area contributed by atoms with Crippen LogP contribution in [-0.4, -0.2) is 41.3 Å². The van der Waals surface area contributed by atoms with Crippen LogP contribution in [0.5, 0.6) is 0 Å². The molecule has 3 rings (SSSR count). The molecule has 3 heterocycles. The maximum absolute atomic E-state index is 6.57. The highest BCUT2D eigenvalue weighted by Crippen LogP contribution is 2.42. The van der Waals surface area contributed by atoms with Crippen molar-refractivity contribution in [1.29, 1.82) is 0 Å². The van der Waals surface area contributed by atoms with Gasteiger partial charge in [-0.2, -0.15) is 23.5 Å². The second kappa shape index (κ2) is 5.94. The Morgan fingerprint density at radius 3 is 2.61 bits per heavy atom. The molecular formula is C14H25NOS2.